The molecular weight excluding hydrogens is 210 g/mol. The summed E-state index contributed by atoms with van der Waals surface area (Å²) in [5.41, 5.74) is 0.576. The largest absolute Gasteiger partial charge is 0.296 e. The highest BCUT2D eigenvalue weighted by atomic mass is 32.1. The maximum Gasteiger partial charge on any atom is 0.237 e. The van der Waals surface area contributed by atoms with Gasteiger partial charge in [-0.3, -0.25) is 14.9 Å². The van der Waals surface area contributed by atoms with E-state index in [1.54, 1.807) is 11.3 Å². The van der Waals surface area contributed by atoms with Crippen molar-refractivity contribution in [3.8, 4) is 0 Å². The van der Waals surface area contributed by atoms with Crippen LogP contribution in [0, 0.1) is 0 Å². The predicted octanol–water partition coefficient (Wildman–Crippen LogP) is 1.37. The molecule has 1 spiro atoms. The van der Waals surface area contributed by atoms with Gasteiger partial charge in [0.1, 0.15) is 0 Å². The molecule has 1 fully saturated rings. The number of nitrogens with one attached hydrogen (secondary N) is 1. The number of thiophene rings is 1. The molecule has 2 aliphatic rings. The van der Waals surface area contributed by atoms with Crippen molar-refractivity contribution in [1.82, 2.24) is 5.32 Å². The standard InChI is InChI=1S/C11H11NO2S/c13-9-6-11(10(14)12-9)4-1-2-8-7(11)3-5-15-8/h3,5H,1-2,4,6H2,(H,12,13,14)/t11-/m1/s1. The SMILES string of the molecule is O=C1C[C@@]2(CCCc3sccc32)C(=O)N1. The molecule has 0 aromatic carbocycles. The van der Waals surface area contributed by atoms with Gasteiger partial charge in [-0.1, -0.05) is 0 Å². The minimum Gasteiger partial charge on any atom is -0.296 e. The Balaban J connectivity index is 2.15. The summed E-state index contributed by atoms with van der Waals surface area (Å²) in [6.07, 6.45) is 3.22. The lowest BCUT2D eigenvalue weighted by atomic mass is 9.71. The third kappa shape index (κ3) is 1.11. The summed E-state index contributed by atoms with van der Waals surface area (Å²) in [5, 5.41) is 4.46. The number of hydrogen-bond acceptors (Lipinski definition) is 3. The van der Waals surface area contributed by atoms with Crippen molar-refractivity contribution in [3.63, 3.8) is 0 Å². The highest BCUT2D eigenvalue weighted by molar-refractivity contribution is 7.10. The molecule has 0 radical (unpaired) electrons. The molecule has 0 bridgehead atoms. The molecule has 1 atom stereocenters. The van der Waals surface area contributed by atoms with E-state index in [0.29, 0.717) is 6.42 Å². The van der Waals surface area contributed by atoms with Crippen LogP contribution in [0.3, 0.4) is 0 Å². The first-order valence-corrected chi connectivity index (χ1v) is 6.01. The molecule has 2 heterocycles. The number of aryl methyl sites for hydroxylation is 1. The van der Waals surface area contributed by atoms with Crippen LogP contribution < -0.4 is 5.32 Å². The van der Waals surface area contributed by atoms with Gasteiger partial charge in [0, 0.05) is 11.3 Å². The van der Waals surface area contributed by atoms with E-state index in [-0.39, 0.29) is 11.8 Å². The summed E-state index contributed by atoms with van der Waals surface area (Å²) < 4.78 is 0. The number of hydrogen-bond donors (Lipinski definition) is 1. The predicted molar refractivity (Wildman–Crippen MR) is 56.7 cm³/mol. The van der Waals surface area contributed by atoms with Gasteiger partial charge in [-0.25, -0.2) is 0 Å². The molecule has 4 heteroatoms. The van der Waals surface area contributed by atoms with Crippen molar-refractivity contribution in [2.75, 3.05) is 0 Å². The first-order valence-electron chi connectivity index (χ1n) is 5.13. The smallest absolute Gasteiger partial charge is 0.237 e. The van der Waals surface area contributed by atoms with Crippen LogP contribution in [0.2, 0.25) is 0 Å². The van der Waals surface area contributed by atoms with Crippen molar-refractivity contribution >= 4 is 23.2 Å². The van der Waals surface area contributed by atoms with Crippen molar-refractivity contribution in [2.45, 2.75) is 31.1 Å². The first-order chi connectivity index (χ1) is 7.22. The van der Waals surface area contributed by atoms with E-state index in [0.717, 1.165) is 24.8 Å². The lowest BCUT2D eigenvalue weighted by Gasteiger charge is -2.29. The maximum atomic E-state index is 11.9. The van der Waals surface area contributed by atoms with Gasteiger partial charge in [-0.15, -0.1) is 11.3 Å². The molecule has 1 N–H and O–H groups in total. The molecule has 1 aliphatic heterocycles. The first kappa shape index (κ1) is 9.09. The van der Waals surface area contributed by atoms with Gasteiger partial charge in [-0.2, -0.15) is 0 Å². The van der Waals surface area contributed by atoms with Gasteiger partial charge in [0.25, 0.3) is 0 Å². The van der Waals surface area contributed by atoms with Crippen LogP contribution >= 0.6 is 11.3 Å². The van der Waals surface area contributed by atoms with Crippen molar-refractivity contribution in [2.24, 2.45) is 0 Å². The Morgan fingerprint density at radius 3 is 3.00 bits per heavy atom. The second-order valence-electron chi connectivity index (χ2n) is 4.25. The quantitative estimate of drug-likeness (QED) is 0.672. The fourth-order valence-electron chi connectivity index (χ4n) is 2.71. The lowest BCUT2D eigenvalue weighted by Crippen LogP contribution is -2.37. The van der Waals surface area contributed by atoms with Crippen molar-refractivity contribution < 1.29 is 9.59 Å². The average molecular weight is 221 g/mol. The average Bonchev–Trinajstić information content (AvgIpc) is 2.74. The van der Waals surface area contributed by atoms with E-state index < -0.39 is 5.41 Å². The van der Waals surface area contributed by atoms with Crippen molar-refractivity contribution in [1.29, 1.82) is 0 Å². The molecule has 78 valence electrons. The summed E-state index contributed by atoms with van der Waals surface area (Å²) in [6.45, 7) is 0. The Morgan fingerprint density at radius 1 is 1.40 bits per heavy atom. The number of imide groups is 1. The Bertz CT molecular complexity index is 451. The Morgan fingerprint density at radius 2 is 2.27 bits per heavy atom. The van der Waals surface area contributed by atoms with Crippen LogP contribution in [0.1, 0.15) is 29.7 Å². The molecule has 0 unspecified atom stereocenters. The summed E-state index contributed by atoms with van der Waals surface area (Å²) in [5.74, 6) is -0.217. The van der Waals surface area contributed by atoms with Gasteiger partial charge in [0.15, 0.2) is 0 Å². The maximum absolute atomic E-state index is 11.9. The second-order valence-corrected chi connectivity index (χ2v) is 5.25. The van der Waals surface area contributed by atoms with Crippen LogP contribution in [0.15, 0.2) is 11.4 Å². The van der Waals surface area contributed by atoms with E-state index in [1.165, 1.54) is 4.88 Å². The number of carbonyl (C=O) groups excluding carboxylic acids is 2. The fourth-order valence-corrected chi connectivity index (χ4v) is 3.73. The highest BCUT2D eigenvalue weighted by Crippen LogP contribution is 2.44. The summed E-state index contributed by atoms with van der Waals surface area (Å²) in [4.78, 5) is 24.5. The van der Waals surface area contributed by atoms with Crippen LogP contribution in [-0.4, -0.2) is 11.8 Å². The number of rotatable bonds is 0. The second kappa shape index (κ2) is 2.92. The molecule has 1 aliphatic carbocycles. The zero-order valence-electron chi connectivity index (χ0n) is 8.21. The Hall–Kier alpha value is -1.16. The number of fused-ring (bicyclic) bond motifs is 2. The van der Waals surface area contributed by atoms with E-state index in [4.69, 9.17) is 0 Å². The van der Waals surface area contributed by atoms with Gasteiger partial charge < -0.3 is 0 Å². The highest BCUT2D eigenvalue weighted by Gasteiger charge is 2.50. The lowest BCUT2D eigenvalue weighted by molar-refractivity contribution is -0.126. The number of amides is 2. The Kier molecular flexibility index (Phi) is 1.77. The molecule has 1 aromatic heterocycles. The minimum atomic E-state index is -0.523. The minimum absolute atomic E-state index is 0.0909. The molecule has 3 nitrogen and oxygen atoms in total. The zero-order valence-corrected chi connectivity index (χ0v) is 9.02. The molecule has 1 saturated heterocycles. The van der Waals surface area contributed by atoms with Gasteiger partial charge >= 0.3 is 0 Å². The molecule has 15 heavy (non-hydrogen) atoms. The summed E-state index contributed by atoms with van der Waals surface area (Å²) in [7, 11) is 0. The molecule has 1 aromatic rings. The van der Waals surface area contributed by atoms with E-state index in [9.17, 15) is 9.59 Å². The van der Waals surface area contributed by atoms with E-state index in [1.807, 2.05) is 11.4 Å². The van der Waals surface area contributed by atoms with Gasteiger partial charge in [0.2, 0.25) is 11.8 Å². The monoisotopic (exact) mass is 221 g/mol. The Labute approximate surface area is 91.5 Å². The van der Waals surface area contributed by atoms with Crippen molar-refractivity contribution in [3.05, 3.63) is 21.9 Å². The molecule has 0 saturated carbocycles. The molecule has 3 rings (SSSR count). The zero-order chi connectivity index (χ0) is 10.5. The molecule has 2 amide bonds. The third-order valence-corrected chi connectivity index (χ3v) is 4.40. The third-order valence-electron chi connectivity index (χ3n) is 3.42. The normalized spacial score (nSPS) is 29.3. The van der Waals surface area contributed by atoms with Crippen LogP contribution in [-0.2, 0) is 21.4 Å². The van der Waals surface area contributed by atoms with Crippen LogP contribution in [0.5, 0.6) is 0 Å². The van der Waals surface area contributed by atoms with Crippen LogP contribution in [0.4, 0.5) is 0 Å². The van der Waals surface area contributed by atoms with Gasteiger partial charge in [0.05, 0.1) is 5.41 Å². The number of carbonyl (C=O) groups is 2. The molecular formula is C11H11NO2S. The summed E-state index contributed by atoms with van der Waals surface area (Å²) in [6, 6.07) is 2.01. The topological polar surface area (TPSA) is 46.2 Å². The van der Waals surface area contributed by atoms with Gasteiger partial charge in [-0.05, 0) is 36.3 Å². The van der Waals surface area contributed by atoms with E-state index >= 15 is 0 Å². The fraction of sp³-hybridized carbons (Fsp3) is 0.455. The van der Waals surface area contributed by atoms with Crippen LogP contribution in [0.25, 0.3) is 0 Å². The summed E-state index contributed by atoms with van der Waals surface area (Å²) >= 11 is 1.70. The van der Waals surface area contributed by atoms with E-state index in [2.05, 4.69) is 5.32 Å².